The third kappa shape index (κ3) is 2.43. The minimum Gasteiger partial charge on any atom is -0.389 e. The molecule has 5 nitrogen and oxygen atoms in total. The Bertz CT molecular complexity index is 1230. The van der Waals surface area contributed by atoms with Crippen LogP contribution in [0.4, 0.5) is 0 Å². The van der Waals surface area contributed by atoms with Crippen LogP contribution < -0.4 is 0 Å². The number of hydrogen-bond acceptors (Lipinski definition) is 3. The van der Waals surface area contributed by atoms with Gasteiger partial charge in [-0.15, -0.1) is 5.10 Å². The first kappa shape index (κ1) is 17.0. The average Bonchev–Trinajstić information content (AvgIpc) is 3.29. The van der Waals surface area contributed by atoms with Gasteiger partial charge in [0.2, 0.25) is 0 Å². The quantitative estimate of drug-likeness (QED) is 0.503. The van der Waals surface area contributed by atoms with Crippen LogP contribution in [0.1, 0.15) is 20.0 Å². The molecule has 2 aromatic heterocycles. The van der Waals surface area contributed by atoms with Crippen LogP contribution >= 0.6 is 0 Å². The Morgan fingerprint density at radius 2 is 1.29 bits per heavy atom. The van der Waals surface area contributed by atoms with E-state index in [2.05, 4.69) is 51.3 Å². The normalized spacial score (nSPS) is 14.3. The molecular formula is C23H22N4O. The largest absolute Gasteiger partial charge is 0.389 e. The Hall–Kier alpha value is -3.18. The molecule has 5 aromatic rings. The minimum absolute atomic E-state index is 0.0490. The first-order valence-electron chi connectivity index (χ1n) is 9.62. The third-order valence-electron chi connectivity index (χ3n) is 5.50. The van der Waals surface area contributed by atoms with Crippen molar-refractivity contribution in [3.8, 4) is 0 Å². The number of benzene rings is 3. The number of para-hydroxylation sites is 3. The minimum atomic E-state index is -0.635. The summed E-state index contributed by atoms with van der Waals surface area (Å²) in [5.74, 6) is 0.0490. The molecule has 5 rings (SSSR count). The molecule has 0 aliphatic rings. The summed E-state index contributed by atoms with van der Waals surface area (Å²) in [5.41, 5.74) is 3.89. The van der Waals surface area contributed by atoms with Gasteiger partial charge in [-0.25, -0.2) is 4.68 Å². The monoisotopic (exact) mass is 370 g/mol. The average molecular weight is 370 g/mol. The highest BCUT2D eigenvalue weighted by molar-refractivity contribution is 6.08. The molecule has 0 aliphatic carbocycles. The molecule has 0 aliphatic heterocycles. The highest BCUT2D eigenvalue weighted by Gasteiger charge is 2.30. The van der Waals surface area contributed by atoms with E-state index in [9.17, 15) is 5.11 Å². The van der Waals surface area contributed by atoms with Crippen LogP contribution in [0.15, 0.2) is 72.8 Å². The van der Waals surface area contributed by atoms with E-state index in [0.717, 1.165) is 22.1 Å². The molecule has 0 radical (unpaired) electrons. The van der Waals surface area contributed by atoms with Gasteiger partial charge in [-0.1, -0.05) is 67.6 Å². The van der Waals surface area contributed by atoms with Gasteiger partial charge in [0.05, 0.1) is 22.7 Å². The van der Waals surface area contributed by atoms with Gasteiger partial charge < -0.3 is 9.67 Å². The van der Waals surface area contributed by atoms with Gasteiger partial charge in [-0.3, -0.25) is 0 Å². The van der Waals surface area contributed by atoms with Gasteiger partial charge >= 0.3 is 0 Å². The smallest absolute Gasteiger partial charge is 0.156 e. The fourth-order valence-corrected chi connectivity index (χ4v) is 4.07. The van der Waals surface area contributed by atoms with Crippen LogP contribution in [-0.2, 0) is 0 Å². The first-order valence-corrected chi connectivity index (χ1v) is 9.62. The Morgan fingerprint density at radius 1 is 0.750 bits per heavy atom. The predicted octanol–water partition coefficient (Wildman–Crippen LogP) is 4.60. The van der Waals surface area contributed by atoms with E-state index >= 15 is 0 Å². The van der Waals surface area contributed by atoms with Crippen molar-refractivity contribution >= 4 is 32.8 Å². The molecular weight excluding hydrogens is 348 g/mol. The highest BCUT2D eigenvalue weighted by atomic mass is 16.3. The van der Waals surface area contributed by atoms with Gasteiger partial charge in [-0.2, -0.15) is 0 Å². The lowest BCUT2D eigenvalue weighted by Crippen LogP contribution is -2.34. The van der Waals surface area contributed by atoms with Crippen molar-refractivity contribution in [2.24, 2.45) is 5.92 Å². The van der Waals surface area contributed by atoms with Gasteiger partial charge in [0, 0.05) is 10.8 Å². The molecule has 0 spiro atoms. The van der Waals surface area contributed by atoms with Gasteiger partial charge in [-0.05, 0) is 30.2 Å². The van der Waals surface area contributed by atoms with E-state index in [1.807, 2.05) is 54.9 Å². The Morgan fingerprint density at radius 3 is 1.89 bits per heavy atom. The van der Waals surface area contributed by atoms with E-state index in [1.165, 1.54) is 10.8 Å². The lowest BCUT2D eigenvalue weighted by Gasteiger charge is -2.29. The van der Waals surface area contributed by atoms with Crippen molar-refractivity contribution in [1.82, 2.24) is 19.6 Å². The van der Waals surface area contributed by atoms with Crippen molar-refractivity contribution < 1.29 is 5.11 Å². The van der Waals surface area contributed by atoms with E-state index in [0.29, 0.717) is 0 Å². The van der Waals surface area contributed by atoms with E-state index < -0.39 is 12.3 Å². The summed E-state index contributed by atoms with van der Waals surface area (Å²) in [7, 11) is 0. The maximum Gasteiger partial charge on any atom is 0.156 e. The molecule has 0 amide bonds. The molecule has 0 fully saturated rings. The number of aliphatic hydroxyl groups is 1. The number of rotatable bonds is 4. The second-order valence-electron chi connectivity index (χ2n) is 7.58. The summed E-state index contributed by atoms with van der Waals surface area (Å²) >= 11 is 0. The summed E-state index contributed by atoms with van der Waals surface area (Å²) in [6, 6.07) is 24.5. The third-order valence-corrected chi connectivity index (χ3v) is 5.50. The zero-order chi connectivity index (χ0) is 19.3. The molecule has 2 heterocycles. The lowest BCUT2D eigenvalue weighted by atomic mass is 10.0. The summed E-state index contributed by atoms with van der Waals surface area (Å²) < 4.78 is 4.06. The molecule has 5 heteroatoms. The zero-order valence-corrected chi connectivity index (χ0v) is 15.9. The van der Waals surface area contributed by atoms with Crippen LogP contribution in [0.5, 0.6) is 0 Å². The van der Waals surface area contributed by atoms with Crippen LogP contribution in [-0.4, -0.2) is 30.8 Å². The lowest BCUT2D eigenvalue weighted by molar-refractivity contribution is 0.0554. The zero-order valence-electron chi connectivity index (χ0n) is 15.9. The molecule has 28 heavy (non-hydrogen) atoms. The Balaban J connectivity index is 1.88. The molecule has 0 saturated heterocycles. The number of aromatic nitrogens is 4. The van der Waals surface area contributed by atoms with Crippen LogP contribution in [0.2, 0.25) is 0 Å². The molecule has 2 unspecified atom stereocenters. The van der Waals surface area contributed by atoms with E-state index in [4.69, 9.17) is 0 Å². The van der Waals surface area contributed by atoms with Gasteiger partial charge in [0.15, 0.2) is 6.17 Å². The van der Waals surface area contributed by atoms with Crippen LogP contribution in [0.25, 0.3) is 32.8 Å². The molecule has 140 valence electrons. The van der Waals surface area contributed by atoms with Crippen LogP contribution in [0.3, 0.4) is 0 Å². The summed E-state index contributed by atoms with van der Waals surface area (Å²) in [5, 5.41) is 22.4. The van der Waals surface area contributed by atoms with Crippen molar-refractivity contribution in [2.75, 3.05) is 0 Å². The predicted molar refractivity (Wildman–Crippen MR) is 112 cm³/mol. The highest BCUT2D eigenvalue weighted by Crippen LogP contribution is 2.35. The van der Waals surface area contributed by atoms with Crippen molar-refractivity contribution in [1.29, 1.82) is 0 Å². The standard InChI is InChI=1S/C23H22N4O/c1-15(2)22(28)23(27-21-14-8-5-11-18(21)24-25-27)26-19-12-6-3-9-16(19)17-10-4-7-13-20(17)26/h3-15,22-23,28H,1-2H3. The van der Waals surface area contributed by atoms with Crippen molar-refractivity contribution in [3.63, 3.8) is 0 Å². The summed E-state index contributed by atoms with van der Waals surface area (Å²) in [4.78, 5) is 0. The molecule has 1 N–H and O–H groups in total. The second kappa shape index (κ2) is 6.46. The SMILES string of the molecule is CC(C)C(O)C(n1nnc2ccccc21)n1c2ccccc2c2ccccc21. The number of aliphatic hydroxyl groups excluding tert-OH is 1. The second-order valence-corrected chi connectivity index (χ2v) is 7.58. The number of fused-ring (bicyclic) bond motifs is 4. The van der Waals surface area contributed by atoms with Gasteiger partial charge in [0.25, 0.3) is 0 Å². The maximum absolute atomic E-state index is 11.3. The maximum atomic E-state index is 11.3. The Labute approximate surface area is 162 Å². The molecule has 2 atom stereocenters. The summed E-state index contributed by atoms with van der Waals surface area (Å²) in [6.45, 7) is 4.06. The first-order chi connectivity index (χ1) is 13.7. The van der Waals surface area contributed by atoms with E-state index in [1.54, 1.807) is 0 Å². The topological polar surface area (TPSA) is 55.9 Å². The van der Waals surface area contributed by atoms with Gasteiger partial charge in [0.1, 0.15) is 5.52 Å². The molecule has 3 aromatic carbocycles. The molecule has 0 saturated carbocycles. The van der Waals surface area contributed by atoms with Crippen molar-refractivity contribution in [2.45, 2.75) is 26.1 Å². The fourth-order valence-electron chi connectivity index (χ4n) is 4.07. The number of hydrogen-bond donors (Lipinski definition) is 1. The van der Waals surface area contributed by atoms with Crippen molar-refractivity contribution in [3.05, 3.63) is 72.8 Å². The van der Waals surface area contributed by atoms with Crippen LogP contribution in [0, 0.1) is 5.92 Å². The number of nitrogens with zero attached hydrogens (tertiary/aromatic N) is 4. The van der Waals surface area contributed by atoms with E-state index in [-0.39, 0.29) is 5.92 Å². The fraction of sp³-hybridized carbons (Fsp3) is 0.217. The summed E-state index contributed by atoms with van der Waals surface area (Å²) in [6.07, 6.45) is -1.04. The Kier molecular flexibility index (Phi) is 3.91. The molecule has 0 bridgehead atoms.